The van der Waals surface area contributed by atoms with Gasteiger partial charge in [-0.1, -0.05) is 0 Å². The second kappa shape index (κ2) is 8.42. The van der Waals surface area contributed by atoms with E-state index in [4.69, 9.17) is 27.0 Å². The molecule has 0 unspecified atom stereocenters. The summed E-state index contributed by atoms with van der Waals surface area (Å²) in [6.45, 7) is 0. The van der Waals surface area contributed by atoms with Crippen molar-refractivity contribution in [3.63, 3.8) is 0 Å². The van der Waals surface area contributed by atoms with Crippen LogP contribution in [0.1, 0.15) is 0 Å². The van der Waals surface area contributed by atoms with Gasteiger partial charge in [0.25, 0.3) is 0 Å². The van der Waals surface area contributed by atoms with Crippen LogP contribution < -0.4 is 0 Å². The van der Waals surface area contributed by atoms with E-state index in [-0.39, 0.29) is 16.5 Å². The summed E-state index contributed by atoms with van der Waals surface area (Å²) in [4.78, 5) is 6.99. The van der Waals surface area contributed by atoms with Crippen molar-refractivity contribution in [1.29, 1.82) is 0 Å². The third kappa shape index (κ3) is 1940. The van der Waals surface area contributed by atoms with Crippen molar-refractivity contribution in [3.05, 3.63) is 0 Å². The van der Waals surface area contributed by atoms with Crippen molar-refractivity contribution in [3.8, 4) is 0 Å². The predicted molar refractivity (Wildman–Crippen MR) is 20.3 cm³/mol. The second-order valence-electron chi connectivity index (χ2n) is 0.490. The summed E-state index contributed by atoms with van der Waals surface area (Å²) >= 11 is 0. The third-order valence-electron chi connectivity index (χ3n) is 0. The van der Waals surface area contributed by atoms with Gasteiger partial charge in [-0.15, -0.1) is 0 Å². The molecule has 6 nitrogen and oxygen atoms in total. The van der Waals surface area contributed by atoms with E-state index in [1.54, 1.807) is 0 Å². The first kappa shape index (κ1) is 16.2. The Morgan fingerprint density at radius 3 is 1.33 bits per heavy atom. The van der Waals surface area contributed by atoms with E-state index in [9.17, 15) is 0 Å². The summed E-state index contributed by atoms with van der Waals surface area (Å²) < 4.78 is 42.5. The molecule has 0 amide bonds. The van der Waals surface area contributed by atoms with E-state index < -0.39 is 19.1 Å². The summed E-state index contributed by atoms with van der Waals surface area (Å²) in [7, 11) is -6.00. The smallest absolute Gasteiger partial charge is 0.759 e. The summed E-state index contributed by atoms with van der Waals surface area (Å²) in [5.41, 5.74) is 0. The van der Waals surface area contributed by atoms with Crippen molar-refractivity contribution < 1.29 is 43.5 Å². The molecule has 0 spiro atoms. The molecule has 0 atom stereocenters. The van der Waals surface area contributed by atoms with E-state index >= 15 is 0 Å². The zero-order valence-corrected chi connectivity index (χ0v) is 6.36. The standard InChI is InChI=1S/Ni.H2O4S.HO2P/c;1-5(2,3)4;1-3-2/h;(H2,1,2,3,4);(H,1,2)/q+3;;/p-2. The normalized spacial score (nSPS) is 8.78. The quantitative estimate of drug-likeness (QED) is 0.237. The maximum absolute atomic E-state index is 8.52. The Labute approximate surface area is 63.1 Å². The van der Waals surface area contributed by atoms with Crippen LogP contribution in [-0.4, -0.2) is 22.4 Å². The molecule has 0 aromatic carbocycles. The van der Waals surface area contributed by atoms with Gasteiger partial charge in [-0.05, 0) is 0 Å². The first-order valence-electron chi connectivity index (χ1n) is 1.05. The van der Waals surface area contributed by atoms with Crippen LogP contribution in [0.15, 0.2) is 0 Å². The molecule has 0 aliphatic rings. The average Bonchev–Trinajstić information content (AvgIpc) is 1.27. The van der Waals surface area contributed by atoms with Gasteiger partial charge < -0.3 is 14.0 Å². The molecule has 0 aliphatic heterocycles. The second-order valence-corrected chi connectivity index (χ2v) is 1.47. The molecule has 0 heterocycles. The summed E-state index contributed by atoms with van der Waals surface area (Å²) in [6, 6.07) is 0. The van der Waals surface area contributed by atoms with E-state index in [1.807, 2.05) is 0 Å². The van der Waals surface area contributed by atoms with Crippen LogP contribution in [0.4, 0.5) is 0 Å². The zero-order valence-electron chi connectivity index (χ0n) is 3.66. The third-order valence-corrected chi connectivity index (χ3v) is 0. The molecule has 1 N–H and O–H groups in total. The fraction of sp³-hybridized carbons (Fsp3) is 0. The molecule has 0 aromatic rings. The molecule has 0 bridgehead atoms. The van der Waals surface area contributed by atoms with Gasteiger partial charge in [-0.25, -0.2) is 4.57 Å². The molecule has 9 heavy (non-hydrogen) atoms. The molecule has 0 saturated carbocycles. The zero-order chi connectivity index (χ0) is 7.21. The molecule has 9 heteroatoms. The fourth-order valence-electron chi connectivity index (χ4n) is 0. The van der Waals surface area contributed by atoms with Crippen LogP contribution in [0.3, 0.4) is 0 Å². The SMILES string of the molecule is O=PO.O=S(=O)([O-])[O-].[Ni+3]. The molecule has 0 aliphatic carbocycles. The number of hydrogen-bond acceptors (Lipinski definition) is 5. The van der Waals surface area contributed by atoms with Crippen molar-refractivity contribution in [2.75, 3.05) is 0 Å². The van der Waals surface area contributed by atoms with Gasteiger partial charge in [-0.3, -0.25) is 8.42 Å². The van der Waals surface area contributed by atoms with Crippen LogP contribution in [0.25, 0.3) is 0 Å². The molecular weight excluding hydrogens is 218 g/mol. The molecule has 0 saturated heterocycles. The molecule has 0 fully saturated rings. The predicted octanol–water partition coefficient (Wildman–Crippen LogP) is -1.16. The molecular formula is HNiO6PS+. The Hall–Kier alpha value is 0.424. The number of rotatable bonds is 0. The Balaban J connectivity index is -0.0000000800. The van der Waals surface area contributed by atoms with Crippen LogP contribution in [0.2, 0.25) is 0 Å². The van der Waals surface area contributed by atoms with Gasteiger partial charge in [-0.2, -0.15) is 0 Å². The van der Waals surface area contributed by atoms with Gasteiger partial charge in [0.1, 0.15) is 0 Å². The number of hydrogen-bond donors (Lipinski definition) is 1. The first-order chi connectivity index (χ1) is 3.41. The van der Waals surface area contributed by atoms with Crippen LogP contribution >= 0.6 is 8.69 Å². The maximum Gasteiger partial charge on any atom is 3.00 e. The van der Waals surface area contributed by atoms with Gasteiger partial charge in [0.05, 0.1) is 0 Å². The monoisotopic (exact) mass is 218 g/mol. The van der Waals surface area contributed by atoms with Gasteiger partial charge >= 0.3 is 25.2 Å². The van der Waals surface area contributed by atoms with Crippen LogP contribution in [0, 0.1) is 0 Å². The van der Waals surface area contributed by atoms with E-state index in [0.717, 1.165) is 0 Å². The minimum Gasteiger partial charge on any atom is -0.759 e. The Bertz CT molecular complexity index is 127. The van der Waals surface area contributed by atoms with Crippen LogP contribution in [0.5, 0.6) is 0 Å². The van der Waals surface area contributed by atoms with Gasteiger partial charge in [0.2, 0.25) is 0 Å². The Morgan fingerprint density at radius 2 is 1.33 bits per heavy atom. The van der Waals surface area contributed by atoms with Crippen molar-refractivity contribution in [2.45, 2.75) is 0 Å². The Morgan fingerprint density at radius 1 is 1.33 bits per heavy atom. The van der Waals surface area contributed by atoms with Crippen molar-refractivity contribution in [2.24, 2.45) is 0 Å². The van der Waals surface area contributed by atoms with Crippen molar-refractivity contribution >= 4 is 19.1 Å². The van der Waals surface area contributed by atoms with Crippen LogP contribution in [-0.2, 0) is 31.5 Å². The van der Waals surface area contributed by atoms with E-state index in [0.29, 0.717) is 0 Å². The maximum atomic E-state index is 8.52. The Kier molecular flexibility index (Phi) is 15.2. The average molecular weight is 219 g/mol. The fourth-order valence-corrected chi connectivity index (χ4v) is 0. The van der Waals surface area contributed by atoms with Crippen molar-refractivity contribution in [1.82, 2.24) is 0 Å². The van der Waals surface area contributed by atoms with Gasteiger partial charge in [0, 0.05) is 10.4 Å². The largest absolute Gasteiger partial charge is 3.00 e. The van der Waals surface area contributed by atoms with Gasteiger partial charge in [0.15, 0.2) is 0 Å². The minimum atomic E-state index is -5.17. The first-order valence-corrected chi connectivity index (χ1v) is 3.15. The summed E-state index contributed by atoms with van der Waals surface area (Å²) in [5.74, 6) is 0. The molecule has 0 aromatic heterocycles. The molecule has 1 radical (unpaired) electrons. The molecule has 0 rings (SSSR count). The topological polar surface area (TPSA) is 118 Å². The van der Waals surface area contributed by atoms with E-state index in [2.05, 4.69) is 0 Å². The summed E-state index contributed by atoms with van der Waals surface area (Å²) in [6.07, 6.45) is 0. The van der Waals surface area contributed by atoms with E-state index in [1.165, 1.54) is 0 Å². The summed E-state index contributed by atoms with van der Waals surface area (Å²) in [5, 5.41) is 0. The molecule has 57 valence electrons. The minimum absolute atomic E-state index is 0.